The number of ether oxygens (including phenoxy) is 1. The van der Waals surface area contributed by atoms with E-state index in [2.05, 4.69) is 10.3 Å². The van der Waals surface area contributed by atoms with Crippen LogP contribution in [0.1, 0.15) is 39.2 Å². The van der Waals surface area contributed by atoms with Gasteiger partial charge in [-0.2, -0.15) is 0 Å². The van der Waals surface area contributed by atoms with Gasteiger partial charge < -0.3 is 10.1 Å². The van der Waals surface area contributed by atoms with Crippen LogP contribution in [0.4, 0.5) is 4.79 Å². The fourth-order valence-electron chi connectivity index (χ4n) is 2.40. The molecule has 0 fully saturated rings. The van der Waals surface area contributed by atoms with Crippen molar-refractivity contribution in [3.63, 3.8) is 0 Å². The summed E-state index contributed by atoms with van der Waals surface area (Å²) in [6, 6.07) is 3.84. The van der Waals surface area contributed by atoms with Gasteiger partial charge in [-0.05, 0) is 44.5 Å². The molecule has 0 aliphatic carbocycles. The Labute approximate surface area is 136 Å². The molecule has 2 atom stereocenters. The number of carbonyl (C=O) groups excluding carboxylic acids is 2. The molecule has 0 radical (unpaired) electrons. The van der Waals surface area contributed by atoms with E-state index >= 15 is 0 Å². The first-order chi connectivity index (χ1) is 10.8. The third-order valence-electron chi connectivity index (χ3n) is 3.37. The Morgan fingerprint density at radius 1 is 1.26 bits per heavy atom. The summed E-state index contributed by atoms with van der Waals surface area (Å²) in [5.74, 6) is -0.161. The summed E-state index contributed by atoms with van der Waals surface area (Å²) in [5, 5.41) is 2.76. The van der Waals surface area contributed by atoms with Crippen LogP contribution < -0.4 is 5.32 Å². The molecule has 6 heteroatoms. The van der Waals surface area contributed by atoms with Gasteiger partial charge in [0.2, 0.25) is 5.91 Å². The predicted molar refractivity (Wildman–Crippen MR) is 86.7 cm³/mol. The Balaban J connectivity index is 2.22. The van der Waals surface area contributed by atoms with Gasteiger partial charge in [0, 0.05) is 31.8 Å². The lowest BCUT2D eigenvalue weighted by molar-refractivity contribution is -0.120. The van der Waals surface area contributed by atoms with Crippen LogP contribution in [0.5, 0.6) is 0 Å². The van der Waals surface area contributed by atoms with E-state index in [0.717, 1.165) is 5.56 Å². The van der Waals surface area contributed by atoms with Gasteiger partial charge >= 0.3 is 6.09 Å². The molecule has 0 saturated heterocycles. The van der Waals surface area contributed by atoms with Crippen molar-refractivity contribution in [1.82, 2.24) is 15.2 Å². The van der Waals surface area contributed by atoms with Gasteiger partial charge in [-0.25, -0.2) is 4.79 Å². The molecule has 6 nitrogen and oxygen atoms in total. The van der Waals surface area contributed by atoms with Crippen LogP contribution in [0.3, 0.4) is 0 Å². The van der Waals surface area contributed by atoms with Crippen molar-refractivity contribution in [3.8, 4) is 0 Å². The van der Waals surface area contributed by atoms with Crippen LogP contribution in [-0.4, -0.2) is 40.2 Å². The molecule has 1 aromatic rings. The average molecular weight is 317 g/mol. The summed E-state index contributed by atoms with van der Waals surface area (Å²) in [5.41, 5.74) is 0.469. The van der Waals surface area contributed by atoms with Crippen LogP contribution in [0, 0.1) is 0 Å². The molecule has 0 aromatic carbocycles. The first kappa shape index (κ1) is 17.0. The Kier molecular flexibility index (Phi) is 5.03. The highest BCUT2D eigenvalue weighted by Gasteiger charge is 2.32. The second-order valence-corrected chi connectivity index (χ2v) is 6.55. The molecule has 2 amide bonds. The highest BCUT2D eigenvalue weighted by molar-refractivity contribution is 5.75. The molecule has 2 heterocycles. The Morgan fingerprint density at radius 3 is 2.48 bits per heavy atom. The smallest absolute Gasteiger partial charge is 0.412 e. The molecule has 23 heavy (non-hydrogen) atoms. The zero-order valence-corrected chi connectivity index (χ0v) is 13.9. The van der Waals surface area contributed by atoms with Gasteiger partial charge in [-0.1, -0.05) is 6.08 Å². The average Bonchev–Trinajstić information content (AvgIpc) is 2.46. The number of rotatable bonds is 2. The lowest BCUT2D eigenvalue weighted by Crippen LogP contribution is -2.53. The summed E-state index contributed by atoms with van der Waals surface area (Å²) in [6.45, 7) is 7.31. The van der Waals surface area contributed by atoms with Crippen molar-refractivity contribution in [3.05, 3.63) is 42.2 Å². The summed E-state index contributed by atoms with van der Waals surface area (Å²) in [7, 11) is 0. The standard InChI is InChI=1S/C17H23N3O3/c1-12(21)19-15-6-5-14(13-7-9-18-10-8-13)11-20(15)16(22)23-17(2,3)4/h5-10,14-15H,11H2,1-4H3,(H,19,21). The van der Waals surface area contributed by atoms with Gasteiger partial charge in [0.15, 0.2) is 0 Å². The van der Waals surface area contributed by atoms with Crippen molar-refractivity contribution in [2.45, 2.75) is 45.4 Å². The molecule has 2 rings (SSSR count). The summed E-state index contributed by atoms with van der Waals surface area (Å²) >= 11 is 0. The second kappa shape index (κ2) is 6.81. The number of hydrogen-bond donors (Lipinski definition) is 1. The molecule has 0 saturated carbocycles. The zero-order chi connectivity index (χ0) is 17.0. The summed E-state index contributed by atoms with van der Waals surface area (Å²) in [6.07, 6.45) is 6.32. The first-order valence-electron chi connectivity index (χ1n) is 7.61. The van der Waals surface area contributed by atoms with Gasteiger partial charge in [0.1, 0.15) is 11.8 Å². The van der Waals surface area contributed by atoms with E-state index in [1.54, 1.807) is 12.4 Å². The zero-order valence-electron chi connectivity index (χ0n) is 13.9. The second-order valence-electron chi connectivity index (χ2n) is 6.55. The van der Waals surface area contributed by atoms with Crippen molar-refractivity contribution >= 4 is 12.0 Å². The lowest BCUT2D eigenvalue weighted by atomic mass is 9.96. The topological polar surface area (TPSA) is 71.5 Å². The molecular formula is C17H23N3O3. The third kappa shape index (κ3) is 4.81. The van der Waals surface area contributed by atoms with E-state index in [9.17, 15) is 9.59 Å². The molecule has 1 aromatic heterocycles. The summed E-state index contributed by atoms with van der Waals surface area (Å²) < 4.78 is 5.46. The molecular weight excluding hydrogens is 294 g/mol. The van der Waals surface area contributed by atoms with Crippen LogP contribution >= 0.6 is 0 Å². The van der Waals surface area contributed by atoms with Crippen molar-refractivity contribution in [2.75, 3.05) is 6.54 Å². The van der Waals surface area contributed by atoms with E-state index in [-0.39, 0.29) is 11.8 Å². The minimum Gasteiger partial charge on any atom is -0.444 e. The number of aromatic nitrogens is 1. The minimum atomic E-state index is -0.592. The molecule has 1 aliphatic rings. The Hall–Kier alpha value is -2.37. The van der Waals surface area contributed by atoms with E-state index in [0.29, 0.717) is 6.54 Å². The maximum absolute atomic E-state index is 12.5. The van der Waals surface area contributed by atoms with Crippen LogP contribution in [-0.2, 0) is 9.53 Å². The highest BCUT2D eigenvalue weighted by atomic mass is 16.6. The van der Waals surface area contributed by atoms with Crippen molar-refractivity contribution < 1.29 is 14.3 Å². The Bertz CT molecular complexity index is 593. The number of carbonyl (C=O) groups is 2. The maximum atomic E-state index is 12.5. The number of pyridine rings is 1. The van der Waals surface area contributed by atoms with E-state index in [4.69, 9.17) is 4.74 Å². The quantitative estimate of drug-likeness (QED) is 0.850. The first-order valence-corrected chi connectivity index (χ1v) is 7.61. The van der Waals surface area contributed by atoms with E-state index < -0.39 is 17.9 Å². The maximum Gasteiger partial charge on any atom is 0.412 e. The van der Waals surface area contributed by atoms with E-state index in [1.165, 1.54) is 11.8 Å². The number of nitrogens with zero attached hydrogens (tertiary/aromatic N) is 2. The highest BCUT2D eigenvalue weighted by Crippen LogP contribution is 2.25. The van der Waals surface area contributed by atoms with Crippen molar-refractivity contribution in [1.29, 1.82) is 0 Å². The molecule has 2 unspecified atom stereocenters. The molecule has 0 spiro atoms. The van der Waals surface area contributed by atoms with E-state index in [1.807, 2.05) is 45.1 Å². The van der Waals surface area contributed by atoms with Crippen LogP contribution in [0.2, 0.25) is 0 Å². The van der Waals surface area contributed by atoms with Crippen LogP contribution in [0.25, 0.3) is 0 Å². The third-order valence-corrected chi connectivity index (χ3v) is 3.37. The van der Waals surface area contributed by atoms with Gasteiger partial charge in [-0.3, -0.25) is 14.7 Å². The summed E-state index contributed by atoms with van der Waals surface area (Å²) in [4.78, 5) is 29.4. The SMILES string of the molecule is CC(=O)NC1C=CC(c2ccncc2)CN1C(=O)OC(C)(C)C. The minimum absolute atomic E-state index is 0.0375. The van der Waals surface area contributed by atoms with Gasteiger partial charge in [0.05, 0.1) is 0 Å². The normalized spacial score (nSPS) is 21.0. The largest absolute Gasteiger partial charge is 0.444 e. The van der Waals surface area contributed by atoms with Gasteiger partial charge in [-0.15, -0.1) is 0 Å². The number of amides is 2. The molecule has 1 aliphatic heterocycles. The lowest BCUT2D eigenvalue weighted by Gasteiger charge is -2.37. The molecule has 124 valence electrons. The molecule has 1 N–H and O–H groups in total. The number of nitrogens with one attached hydrogen (secondary N) is 1. The molecule has 0 bridgehead atoms. The predicted octanol–water partition coefficient (Wildman–Crippen LogP) is 2.43. The fraction of sp³-hybridized carbons (Fsp3) is 0.471. The van der Waals surface area contributed by atoms with Gasteiger partial charge in [0.25, 0.3) is 0 Å². The van der Waals surface area contributed by atoms with Crippen LogP contribution in [0.15, 0.2) is 36.7 Å². The van der Waals surface area contributed by atoms with Crippen molar-refractivity contribution in [2.24, 2.45) is 0 Å². The fourth-order valence-corrected chi connectivity index (χ4v) is 2.40. The Morgan fingerprint density at radius 2 is 1.91 bits per heavy atom. The number of hydrogen-bond acceptors (Lipinski definition) is 4. The monoisotopic (exact) mass is 317 g/mol.